The molecule has 2 heterocycles. The Kier molecular flexibility index (Phi) is 4.45. The highest BCUT2D eigenvalue weighted by atomic mass is 79.9. The highest BCUT2D eigenvalue weighted by molar-refractivity contribution is 9.10. The van der Waals surface area contributed by atoms with Gasteiger partial charge >= 0.3 is 5.63 Å². The molecule has 0 spiro atoms. The van der Waals surface area contributed by atoms with E-state index in [0.29, 0.717) is 11.0 Å². The third-order valence-electron chi connectivity index (χ3n) is 6.69. The molecule has 0 saturated heterocycles. The van der Waals surface area contributed by atoms with E-state index in [0.717, 1.165) is 53.9 Å². The zero-order valence-corrected chi connectivity index (χ0v) is 20.1. The van der Waals surface area contributed by atoms with Gasteiger partial charge in [0.2, 0.25) is 0 Å². The van der Waals surface area contributed by atoms with Crippen molar-refractivity contribution >= 4 is 59.5 Å². The Bertz CT molecular complexity index is 2000. The Hall–Kier alpha value is -4.15. The molecule has 0 atom stereocenters. The van der Waals surface area contributed by atoms with Crippen molar-refractivity contribution in [3.05, 3.63) is 124 Å². The van der Waals surface area contributed by atoms with E-state index in [1.54, 1.807) is 0 Å². The summed E-state index contributed by atoms with van der Waals surface area (Å²) in [5, 5.41) is 4.68. The van der Waals surface area contributed by atoms with E-state index < -0.39 is 0 Å². The smallest absolute Gasteiger partial charge is 0.344 e. The van der Waals surface area contributed by atoms with Gasteiger partial charge < -0.3 is 8.98 Å². The third kappa shape index (κ3) is 3.07. The minimum Gasteiger partial charge on any atom is -0.422 e. The summed E-state index contributed by atoms with van der Waals surface area (Å²) in [5.41, 5.74) is 5.64. The van der Waals surface area contributed by atoms with Crippen molar-refractivity contribution in [1.82, 2.24) is 4.57 Å². The Morgan fingerprint density at radius 1 is 0.600 bits per heavy atom. The zero-order valence-electron chi connectivity index (χ0n) is 18.5. The Morgan fingerprint density at radius 2 is 1.37 bits per heavy atom. The standard InChI is InChI=1S/C31H18BrNO2/c32-20-9-7-8-19(16-20)21-10-1-4-13-27(21)33-28-14-5-2-11-22(28)25-17-24-23-12-3-6-15-30(23)35-31(34)26(24)18-29(25)33/h1-18H. The highest BCUT2D eigenvalue weighted by Gasteiger charge is 2.18. The Morgan fingerprint density at radius 3 is 2.26 bits per heavy atom. The molecule has 0 aliphatic heterocycles. The van der Waals surface area contributed by atoms with Crippen molar-refractivity contribution in [1.29, 1.82) is 0 Å². The lowest BCUT2D eigenvalue weighted by molar-refractivity contribution is 0.570. The summed E-state index contributed by atoms with van der Waals surface area (Å²) in [6, 6.07) is 37.0. The molecule has 0 amide bonds. The molecule has 4 heteroatoms. The summed E-state index contributed by atoms with van der Waals surface area (Å²) in [5.74, 6) is 0. The van der Waals surface area contributed by atoms with Gasteiger partial charge in [0.05, 0.1) is 22.1 Å². The Balaban J connectivity index is 1.65. The maximum atomic E-state index is 13.0. The fourth-order valence-electron chi connectivity index (χ4n) is 5.17. The van der Waals surface area contributed by atoms with Gasteiger partial charge in [0, 0.05) is 31.6 Å². The van der Waals surface area contributed by atoms with Gasteiger partial charge in [0.1, 0.15) is 5.58 Å². The minimum atomic E-state index is -0.322. The number of rotatable bonds is 2. The molecule has 35 heavy (non-hydrogen) atoms. The van der Waals surface area contributed by atoms with Crippen molar-refractivity contribution in [3.8, 4) is 16.8 Å². The van der Waals surface area contributed by atoms with E-state index >= 15 is 0 Å². The van der Waals surface area contributed by atoms with Gasteiger partial charge in [-0.3, -0.25) is 0 Å². The second kappa shape index (κ2) is 7.69. The van der Waals surface area contributed by atoms with Crippen LogP contribution in [-0.4, -0.2) is 4.57 Å². The van der Waals surface area contributed by atoms with Crippen LogP contribution in [0.15, 0.2) is 123 Å². The average molecular weight is 516 g/mol. The maximum absolute atomic E-state index is 13.0. The normalized spacial score (nSPS) is 11.7. The van der Waals surface area contributed by atoms with Crippen LogP contribution < -0.4 is 5.63 Å². The average Bonchev–Trinajstić information content (AvgIpc) is 3.21. The summed E-state index contributed by atoms with van der Waals surface area (Å²) >= 11 is 3.62. The van der Waals surface area contributed by atoms with Gasteiger partial charge in [-0.25, -0.2) is 4.79 Å². The summed E-state index contributed by atoms with van der Waals surface area (Å²) < 4.78 is 8.97. The molecule has 5 aromatic carbocycles. The largest absolute Gasteiger partial charge is 0.422 e. The van der Waals surface area contributed by atoms with Gasteiger partial charge in [0.25, 0.3) is 0 Å². The molecule has 3 nitrogen and oxygen atoms in total. The van der Waals surface area contributed by atoms with E-state index in [2.05, 4.69) is 87.2 Å². The highest BCUT2D eigenvalue weighted by Crippen LogP contribution is 2.38. The van der Waals surface area contributed by atoms with Gasteiger partial charge in [-0.05, 0) is 48.0 Å². The Labute approximate surface area is 209 Å². The van der Waals surface area contributed by atoms with Crippen LogP contribution in [0.3, 0.4) is 0 Å². The number of nitrogens with zero attached hydrogens (tertiary/aromatic N) is 1. The summed E-state index contributed by atoms with van der Waals surface area (Å²) in [7, 11) is 0. The van der Waals surface area contributed by atoms with E-state index in [-0.39, 0.29) is 5.63 Å². The predicted molar refractivity (Wildman–Crippen MR) is 147 cm³/mol. The maximum Gasteiger partial charge on any atom is 0.344 e. The molecule has 0 radical (unpaired) electrons. The fourth-order valence-corrected chi connectivity index (χ4v) is 5.57. The number of benzene rings is 5. The van der Waals surface area contributed by atoms with E-state index in [4.69, 9.17) is 4.42 Å². The molecule has 0 N–H and O–H groups in total. The van der Waals surface area contributed by atoms with Gasteiger partial charge in [-0.1, -0.05) is 82.7 Å². The molecule has 2 aromatic heterocycles. The van der Waals surface area contributed by atoms with Crippen molar-refractivity contribution in [2.45, 2.75) is 0 Å². The van der Waals surface area contributed by atoms with Crippen LogP contribution in [0, 0.1) is 0 Å². The van der Waals surface area contributed by atoms with Gasteiger partial charge in [-0.2, -0.15) is 0 Å². The topological polar surface area (TPSA) is 35.1 Å². The zero-order chi connectivity index (χ0) is 23.5. The van der Waals surface area contributed by atoms with Gasteiger partial charge in [-0.15, -0.1) is 0 Å². The molecule has 0 aliphatic carbocycles. The first-order valence-corrected chi connectivity index (χ1v) is 12.2. The van der Waals surface area contributed by atoms with Crippen LogP contribution in [-0.2, 0) is 0 Å². The minimum absolute atomic E-state index is 0.322. The van der Waals surface area contributed by atoms with Crippen LogP contribution >= 0.6 is 15.9 Å². The lowest BCUT2D eigenvalue weighted by Gasteiger charge is -2.14. The predicted octanol–water partition coefficient (Wildman–Crippen LogP) is 8.47. The lowest BCUT2D eigenvalue weighted by atomic mass is 10.0. The van der Waals surface area contributed by atoms with Crippen LogP contribution in [0.2, 0.25) is 0 Å². The number of halogens is 1. The SMILES string of the molecule is O=c1oc2ccccc2c2cc3c4ccccc4n(-c4ccccc4-c4cccc(Br)c4)c3cc12. The molecule has 0 aliphatic rings. The summed E-state index contributed by atoms with van der Waals surface area (Å²) in [4.78, 5) is 13.0. The first-order chi connectivity index (χ1) is 17.2. The summed E-state index contributed by atoms with van der Waals surface area (Å²) in [6.07, 6.45) is 0. The van der Waals surface area contributed by atoms with Crippen molar-refractivity contribution in [2.24, 2.45) is 0 Å². The van der Waals surface area contributed by atoms with E-state index in [1.165, 1.54) is 0 Å². The van der Waals surface area contributed by atoms with E-state index in [1.807, 2.05) is 42.5 Å². The van der Waals surface area contributed by atoms with Gasteiger partial charge in [0.15, 0.2) is 0 Å². The quantitative estimate of drug-likeness (QED) is 0.171. The monoisotopic (exact) mass is 515 g/mol. The van der Waals surface area contributed by atoms with Crippen molar-refractivity contribution in [3.63, 3.8) is 0 Å². The number of aromatic nitrogens is 1. The van der Waals surface area contributed by atoms with Crippen molar-refractivity contribution in [2.75, 3.05) is 0 Å². The molecule has 166 valence electrons. The molecule has 7 aromatic rings. The molecule has 0 fully saturated rings. The first kappa shape index (κ1) is 20.2. The molecule has 0 saturated carbocycles. The lowest BCUT2D eigenvalue weighted by Crippen LogP contribution is -2.01. The summed E-state index contributed by atoms with van der Waals surface area (Å²) in [6.45, 7) is 0. The van der Waals surface area contributed by atoms with Crippen LogP contribution in [0.5, 0.6) is 0 Å². The molecular formula is C31H18BrNO2. The number of para-hydroxylation sites is 3. The fraction of sp³-hybridized carbons (Fsp3) is 0. The van der Waals surface area contributed by atoms with E-state index in [9.17, 15) is 4.79 Å². The molecule has 0 bridgehead atoms. The molecule has 0 unspecified atom stereocenters. The van der Waals surface area contributed by atoms with Crippen molar-refractivity contribution < 1.29 is 4.42 Å². The number of fused-ring (bicyclic) bond motifs is 6. The molecular weight excluding hydrogens is 498 g/mol. The second-order valence-electron chi connectivity index (χ2n) is 8.68. The van der Waals surface area contributed by atoms with Crippen LogP contribution in [0.25, 0.3) is 60.4 Å². The first-order valence-electron chi connectivity index (χ1n) is 11.4. The molecule has 7 rings (SSSR count). The third-order valence-corrected chi connectivity index (χ3v) is 7.19. The number of hydrogen-bond acceptors (Lipinski definition) is 2. The number of hydrogen-bond donors (Lipinski definition) is 0. The van der Waals surface area contributed by atoms with Crippen LogP contribution in [0.1, 0.15) is 0 Å². The second-order valence-corrected chi connectivity index (χ2v) is 9.60. The van der Waals surface area contributed by atoms with Crippen LogP contribution in [0.4, 0.5) is 0 Å².